The lowest BCUT2D eigenvalue weighted by Gasteiger charge is -2.12. The average molecular weight is 238 g/mol. The first-order valence-corrected chi connectivity index (χ1v) is 6.18. The molecule has 1 unspecified atom stereocenters. The fourth-order valence-electron chi connectivity index (χ4n) is 1.80. The van der Waals surface area contributed by atoms with E-state index in [1.807, 2.05) is 13.8 Å². The highest BCUT2D eigenvalue weighted by Gasteiger charge is 2.15. The summed E-state index contributed by atoms with van der Waals surface area (Å²) >= 11 is 0. The van der Waals surface area contributed by atoms with E-state index in [2.05, 4.69) is 17.0 Å². The van der Waals surface area contributed by atoms with Crippen LogP contribution in [0.15, 0.2) is 6.33 Å². The largest absolute Gasteiger partial charge is 0.330 e. The van der Waals surface area contributed by atoms with Crippen molar-refractivity contribution in [1.82, 2.24) is 14.8 Å². The van der Waals surface area contributed by atoms with E-state index in [1.54, 1.807) is 4.68 Å². The van der Waals surface area contributed by atoms with Crippen molar-refractivity contribution in [2.24, 2.45) is 11.7 Å². The topological polar surface area (TPSA) is 73.8 Å². The van der Waals surface area contributed by atoms with Crippen molar-refractivity contribution >= 4 is 5.78 Å². The van der Waals surface area contributed by atoms with Crippen molar-refractivity contribution in [2.75, 3.05) is 6.54 Å². The standard InChI is InChI=1S/C12H22N4O/c1-4-10(7-13)5-11(17)6-12-14-8-15-16(12)9(2)3/h8-10H,4-7,13H2,1-3H3. The number of carbonyl (C=O) groups is 1. The number of hydrogen-bond acceptors (Lipinski definition) is 4. The molecular formula is C12H22N4O. The summed E-state index contributed by atoms with van der Waals surface area (Å²) in [5, 5.41) is 4.12. The summed E-state index contributed by atoms with van der Waals surface area (Å²) < 4.78 is 1.79. The molecule has 0 aliphatic carbocycles. The number of aromatic nitrogens is 3. The molecule has 0 saturated heterocycles. The van der Waals surface area contributed by atoms with Crippen LogP contribution in [0.2, 0.25) is 0 Å². The molecule has 0 spiro atoms. The molecule has 0 aliphatic rings. The van der Waals surface area contributed by atoms with Gasteiger partial charge in [-0.25, -0.2) is 9.67 Å². The third-order valence-corrected chi connectivity index (χ3v) is 2.92. The van der Waals surface area contributed by atoms with Crippen molar-refractivity contribution < 1.29 is 4.79 Å². The predicted molar refractivity (Wildman–Crippen MR) is 66.6 cm³/mol. The van der Waals surface area contributed by atoms with E-state index in [0.29, 0.717) is 19.4 Å². The molecule has 1 aromatic rings. The van der Waals surface area contributed by atoms with E-state index in [9.17, 15) is 4.79 Å². The van der Waals surface area contributed by atoms with E-state index in [4.69, 9.17) is 5.73 Å². The molecule has 0 bridgehead atoms. The van der Waals surface area contributed by atoms with Gasteiger partial charge in [0.15, 0.2) is 0 Å². The predicted octanol–water partition coefficient (Wildman–Crippen LogP) is 1.35. The smallest absolute Gasteiger partial charge is 0.140 e. The summed E-state index contributed by atoms with van der Waals surface area (Å²) in [5.74, 6) is 1.23. The summed E-state index contributed by atoms with van der Waals surface area (Å²) in [6.45, 7) is 6.68. The van der Waals surface area contributed by atoms with Crippen molar-refractivity contribution in [3.05, 3.63) is 12.2 Å². The molecule has 5 heteroatoms. The summed E-state index contributed by atoms with van der Waals surface area (Å²) in [4.78, 5) is 16.0. The van der Waals surface area contributed by atoms with Crippen LogP contribution in [-0.4, -0.2) is 27.1 Å². The highest BCUT2D eigenvalue weighted by Crippen LogP contribution is 2.11. The highest BCUT2D eigenvalue weighted by atomic mass is 16.1. The van der Waals surface area contributed by atoms with Crippen LogP contribution >= 0.6 is 0 Å². The van der Waals surface area contributed by atoms with Gasteiger partial charge in [0, 0.05) is 12.5 Å². The van der Waals surface area contributed by atoms with Crippen LogP contribution in [-0.2, 0) is 11.2 Å². The minimum absolute atomic E-state index is 0.192. The van der Waals surface area contributed by atoms with Crippen LogP contribution in [0.1, 0.15) is 45.5 Å². The number of rotatable bonds is 7. The Labute approximate surface area is 102 Å². The molecule has 0 radical (unpaired) electrons. The second-order valence-corrected chi connectivity index (χ2v) is 4.64. The molecule has 0 amide bonds. The number of nitrogens with two attached hydrogens (primary N) is 1. The van der Waals surface area contributed by atoms with E-state index >= 15 is 0 Å². The van der Waals surface area contributed by atoms with Gasteiger partial charge in [0.1, 0.15) is 17.9 Å². The molecule has 1 heterocycles. The molecular weight excluding hydrogens is 216 g/mol. The monoisotopic (exact) mass is 238 g/mol. The lowest BCUT2D eigenvalue weighted by Crippen LogP contribution is -2.20. The van der Waals surface area contributed by atoms with Crippen molar-refractivity contribution in [3.63, 3.8) is 0 Å². The molecule has 2 N–H and O–H groups in total. The van der Waals surface area contributed by atoms with Crippen LogP contribution in [0.25, 0.3) is 0 Å². The molecule has 5 nitrogen and oxygen atoms in total. The van der Waals surface area contributed by atoms with Gasteiger partial charge in [0.25, 0.3) is 0 Å². The minimum atomic E-state index is 0.192. The highest BCUT2D eigenvalue weighted by molar-refractivity contribution is 5.80. The SMILES string of the molecule is CCC(CN)CC(=O)Cc1ncnn1C(C)C. The zero-order valence-corrected chi connectivity index (χ0v) is 10.9. The summed E-state index contributed by atoms with van der Waals surface area (Å²) in [7, 11) is 0. The minimum Gasteiger partial charge on any atom is -0.330 e. The molecule has 1 rings (SSSR count). The van der Waals surface area contributed by atoms with Gasteiger partial charge >= 0.3 is 0 Å². The molecule has 0 aliphatic heterocycles. The maximum absolute atomic E-state index is 11.9. The van der Waals surface area contributed by atoms with Crippen LogP contribution in [0.5, 0.6) is 0 Å². The van der Waals surface area contributed by atoms with Gasteiger partial charge in [0.05, 0.1) is 6.42 Å². The Hall–Kier alpha value is -1.23. The maximum Gasteiger partial charge on any atom is 0.140 e. The first kappa shape index (κ1) is 13.8. The second-order valence-electron chi connectivity index (χ2n) is 4.64. The Morgan fingerprint density at radius 2 is 2.24 bits per heavy atom. The Balaban J connectivity index is 2.59. The Bertz CT molecular complexity index is 355. The molecule has 0 saturated carbocycles. The van der Waals surface area contributed by atoms with Gasteiger partial charge in [-0.2, -0.15) is 5.10 Å². The lowest BCUT2D eigenvalue weighted by atomic mass is 9.98. The Kier molecular flexibility index (Phi) is 5.28. The number of ketones is 1. The Morgan fingerprint density at radius 1 is 1.53 bits per heavy atom. The number of nitrogens with zero attached hydrogens (tertiary/aromatic N) is 3. The van der Waals surface area contributed by atoms with Gasteiger partial charge in [-0.15, -0.1) is 0 Å². The zero-order valence-electron chi connectivity index (χ0n) is 10.9. The molecule has 0 fully saturated rings. The molecule has 1 aromatic heterocycles. The van der Waals surface area contributed by atoms with E-state index in [-0.39, 0.29) is 17.7 Å². The number of hydrogen-bond donors (Lipinski definition) is 1. The van der Waals surface area contributed by atoms with Gasteiger partial charge in [0.2, 0.25) is 0 Å². The van der Waals surface area contributed by atoms with Gasteiger partial charge in [-0.1, -0.05) is 13.3 Å². The van der Waals surface area contributed by atoms with E-state index < -0.39 is 0 Å². The van der Waals surface area contributed by atoms with E-state index in [0.717, 1.165) is 12.2 Å². The molecule has 1 atom stereocenters. The van der Waals surface area contributed by atoms with E-state index in [1.165, 1.54) is 6.33 Å². The fourth-order valence-corrected chi connectivity index (χ4v) is 1.80. The van der Waals surface area contributed by atoms with Crippen LogP contribution in [0.3, 0.4) is 0 Å². The van der Waals surface area contributed by atoms with Crippen LogP contribution < -0.4 is 5.73 Å². The van der Waals surface area contributed by atoms with Crippen LogP contribution in [0.4, 0.5) is 0 Å². The zero-order chi connectivity index (χ0) is 12.8. The first-order valence-electron chi connectivity index (χ1n) is 6.18. The number of Topliss-reactive ketones (excluding diaryl/α,β-unsaturated/α-hetero) is 1. The van der Waals surface area contributed by atoms with Crippen molar-refractivity contribution in [1.29, 1.82) is 0 Å². The van der Waals surface area contributed by atoms with Gasteiger partial charge in [-0.05, 0) is 26.3 Å². The summed E-state index contributed by atoms with van der Waals surface area (Å²) in [6, 6.07) is 0.233. The summed E-state index contributed by atoms with van der Waals surface area (Å²) in [6.07, 6.45) is 3.34. The van der Waals surface area contributed by atoms with Crippen molar-refractivity contribution in [3.8, 4) is 0 Å². The second kappa shape index (κ2) is 6.49. The first-order chi connectivity index (χ1) is 8.08. The maximum atomic E-state index is 11.9. The third kappa shape index (κ3) is 3.93. The van der Waals surface area contributed by atoms with Gasteiger partial charge in [-0.3, -0.25) is 4.79 Å². The van der Waals surface area contributed by atoms with Crippen molar-refractivity contribution in [2.45, 2.75) is 46.1 Å². The number of carbonyl (C=O) groups excluding carboxylic acids is 1. The molecule has 17 heavy (non-hydrogen) atoms. The third-order valence-electron chi connectivity index (χ3n) is 2.92. The normalized spacial score (nSPS) is 13.0. The van der Waals surface area contributed by atoms with Gasteiger partial charge < -0.3 is 5.73 Å². The Morgan fingerprint density at radius 3 is 2.76 bits per heavy atom. The molecule has 0 aromatic carbocycles. The molecule has 96 valence electrons. The summed E-state index contributed by atoms with van der Waals surface area (Å²) in [5.41, 5.74) is 5.60. The lowest BCUT2D eigenvalue weighted by molar-refractivity contribution is -0.119. The average Bonchev–Trinajstić information content (AvgIpc) is 2.74. The quantitative estimate of drug-likeness (QED) is 0.778. The fraction of sp³-hybridized carbons (Fsp3) is 0.750. The van der Waals surface area contributed by atoms with Crippen LogP contribution in [0, 0.1) is 5.92 Å².